The van der Waals surface area contributed by atoms with E-state index in [1.165, 1.54) is 167 Å². The van der Waals surface area contributed by atoms with Crippen molar-refractivity contribution in [3.8, 4) is 0 Å². The number of aliphatic hydroxyl groups excluding tert-OH is 5. The van der Waals surface area contributed by atoms with Crippen molar-refractivity contribution in [2.75, 3.05) is 13.2 Å². The Hall–Kier alpha value is -1.85. The van der Waals surface area contributed by atoms with E-state index in [0.29, 0.717) is 6.42 Å². The molecule has 6 N–H and O–H groups in total. The van der Waals surface area contributed by atoms with Gasteiger partial charge in [-0.25, -0.2) is 0 Å². The van der Waals surface area contributed by atoms with Crippen molar-refractivity contribution >= 4 is 5.91 Å². The Balaban J connectivity index is 2.12. The summed E-state index contributed by atoms with van der Waals surface area (Å²) in [5.41, 5.74) is 0. The molecule has 1 aliphatic rings. The maximum absolute atomic E-state index is 12.9. The summed E-state index contributed by atoms with van der Waals surface area (Å²) in [6.07, 6.45) is 50.6. The summed E-state index contributed by atoms with van der Waals surface area (Å²) in [5, 5.41) is 54.1. The summed E-state index contributed by atoms with van der Waals surface area (Å²) >= 11 is 0. The van der Waals surface area contributed by atoms with Crippen LogP contribution in [0.1, 0.15) is 232 Å². The van der Waals surface area contributed by atoms with Gasteiger partial charge in [0, 0.05) is 6.42 Å². The van der Waals surface area contributed by atoms with E-state index in [1.54, 1.807) is 6.08 Å². The molecule has 0 radical (unpaired) electrons. The molecular weight excluding hydrogens is 791 g/mol. The first-order valence-electron chi connectivity index (χ1n) is 26.4. The highest BCUT2D eigenvalue weighted by Crippen LogP contribution is 2.23. The number of ether oxygens (including phenoxy) is 2. The third-order valence-electron chi connectivity index (χ3n) is 12.4. The first-order chi connectivity index (χ1) is 30.8. The van der Waals surface area contributed by atoms with Gasteiger partial charge in [0.2, 0.25) is 5.91 Å². The molecule has 0 aromatic carbocycles. The SMILES string of the molecule is CCCCC/C=C/CC/C=C/C(O)C(COC1OC(CO)C(O)C(O)C1O)NC(=O)CCCCCCCCCCCCCCCCC/C=C\C/C=C\CCCCCCCCCCC. The molecule has 1 fully saturated rings. The quantitative estimate of drug-likeness (QED) is 0.0262. The summed E-state index contributed by atoms with van der Waals surface area (Å²) in [5.74, 6) is -0.190. The lowest BCUT2D eigenvalue weighted by Gasteiger charge is -2.40. The Morgan fingerprint density at radius 3 is 1.46 bits per heavy atom. The average Bonchev–Trinajstić information content (AvgIpc) is 3.28. The predicted octanol–water partition coefficient (Wildman–Crippen LogP) is 12.2. The molecule has 7 atom stereocenters. The van der Waals surface area contributed by atoms with Gasteiger partial charge in [-0.05, 0) is 64.2 Å². The fourth-order valence-corrected chi connectivity index (χ4v) is 8.14. The van der Waals surface area contributed by atoms with Gasteiger partial charge in [0.15, 0.2) is 6.29 Å². The molecule has 0 aliphatic carbocycles. The number of unbranched alkanes of at least 4 members (excludes halogenated alkanes) is 28. The Labute approximate surface area is 386 Å². The predicted molar refractivity (Wildman–Crippen MR) is 263 cm³/mol. The van der Waals surface area contributed by atoms with Crippen LogP contribution in [0.25, 0.3) is 0 Å². The fraction of sp³-hybridized carbons (Fsp3) is 0.833. The molecule has 1 rings (SSSR count). The second-order valence-corrected chi connectivity index (χ2v) is 18.3. The molecule has 368 valence electrons. The Morgan fingerprint density at radius 1 is 0.540 bits per heavy atom. The van der Waals surface area contributed by atoms with E-state index in [-0.39, 0.29) is 12.5 Å². The third kappa shape index (κ3) is 34.2. The first kappa shape index (κ1) is 59.2. The van der Waals surface area contributed by atoms with Gasteiger partial charge >= 0.3 is 0 Å². The number of allylic oxidation sites excluding steroid dienone is 7. The second-order valence-electron chi connectivity index (χ2n) is 18.3. The van der Waals surface area contributed by atoms with E-state index in [2.05, 4.69) is 55.6 Å². The van der Waals surface area contributed by atoms with Crippen LogP contribution < -0.4 is 5.32 Å². The van der Waals surface area contributed by atoms with Gasteiger partial charge in [-0.2, -0.15) is 0 Å². The Kier molecular flexibility index (Phi) is 41.3. The highest BCUT2D eigenvalue weighted by atomic mass is 16.7. The molecular formula is C54H99NO8. The lowest BCUT2D eigenvalue weighted by Crippen LogP contribution is -2.60. The van der Waals surface area contributed by atoms with Crippen molar-refractivity contribution in [2.45, 2.75) is 275 Å². The number of amides is 1. The van der Waals surface area contributed by atoms with Gasteiger partial charge in [-0.1, -0.05) is 210 Å². The van der Waals surface area contributed by atoms with Gasteiger partial charge in [-0.3, -0.25) is 4.79 Å². The van der Waals surface area contributed by atoms with Crippen molar-refractivity contribution in [3.05, 3.63) is 48.6 Å². The molecule has 0 aromatic heterocycles. The minimum absolute atomic E-state index is 0.190. The van der Waals surface area contributed by atoms with Crippen molar-refractivity contribution in [1.82, 2.24) is 5.32 Å². The first-order valence-corrected chi connectivity index (χ1v) is 26.4. The van der Waals surface area contributed by atoms with Gasteiger partial charge < -0.3 is 40.3 Å². The number of nitrogens with one attached hydrogen (secondary N) is 1. The van der Waals surface area contributed by atoms with Crippen molar-refractivity contribution in [1.29, 1.82) is 0 Å². The van der Waals surface area contributed by atoms with E-state index in [9.17, 15) is 30.3 Å². The number of aliphatic hydroxyl groups is 5. The summed E-state index contributed by atoms with van der Waals surface area (Å²) in [7, 11) is 0. The zero-order chi connectivity index (χ0) is 45.9. The third-order valence-corrected chi connectivity index (χ3v) is 12.4. The van der Waals surface area contributed by atoms with Gasteiger partial charge in [0.25, 0.3) is 0 Å². The molecule has 63 heavy (non-hydrogen) atoms. The van der Waals surface area contributed by atoms with E-state index in [0.717, 1.165) is 44.9 Å². The number of carbonyl (C=O) groups excluding carboxylic acids is 1. The molecule has 0 saturated carbocycles. The van der Waals surface area contributed by atoms with E-state index in [4.69, 9.17) is 9.47 Å². The lowest BCUT2D eigenvalue weighted by atomic mass is 9.99. The Bertz CT molecular complexity index is 1130. The maximum atomic E-state index is 12.9. The molecule has 9 heteroatoms. The summed E-state index contributed by atoms with van der Waals surface area (Å²) in [4.78, 5) is 12.9. The minimum atomic E-state index is -1.57. The topological polar surface area (TPSA) is 149 Å². The number of carbonyl (C=O) groups is 1. The highest BCUT2D eigenvalue weighted by Gasteiger charge is 2.44. The summed E-state index contributed by atoms with van der Waals surface area (Å²) in [6, 6.07) is -0.819. The molecule has 0 spiro atoms. The normalized spacial score (nSPS) is 20.5. The molecule has 7 unspecified atom stereocenters. The van der Waals surface area contributed by atoms with Crippen molar-refractivity contribution in [3.63, 3.8) is 0 Å². The van der Waals surface area contributed by atoms with Crippen LogP contribution in [-0.2, 0) is 14.3 Å². The fourth-order valence-electron chi connectivity index (χ4n) is 8.14. The van der Waals surface area contributed by atoms with Gasteiger partial charge in [0.1, 0.15) is 24.4 Å². The molecule has 9 nitrogen and oxygen atoms in total. The van der Waals surface area contributed by atoms with Gasteiger partial charge in [0.05, 0.1) is 25.4 Å². The standard InChI is InChI=1S/C54H99NO8/c1-3-5-7-9-11-13-14-15-16-17-18-19-20-21-22-23-24-25-26-27-28-29-30-31-32-33-34-36-38-40-42-44-50(58)55-47(48(57)43-41-39-37-35-12-10-8-6-4-2)46-62-54-53(61)52(60)51(59)49(45-56)63-54/h12,18-19,21-22,35,41,43,47-49,51-54,56-57,59-61H,3-11,13-17,20,23-34,36-40,42,44-46H2,1-2H3,(H,55,58)/b19-18-,22-21-,35-12+,43-41+. The van der Waals surface area contributed by atoms with Crippen molar-refractivity contribution in [2.24, 2.45) is 0 Å². The molecule has 0 bridgehead atoms. The van der Waals surface area contributed by atoms with E-state index < -0.39 is 49.5 Å². The van der Waals surface area contributed by atoms with Crippen LogP contribution in [-0.4, -0.2) is 87.5 Å². The minimum Gasteiger partial charge on any atom is -0.394 e. The second kappa shape index (κ2) is 44.0. The van der Waals surface area contributed by atoms with Crippen LogP contribution in [0.2, 0.25) is 0 Å². The van der Waals surface area contributed by atoms with Crippen LogP contribution in [0, 0.1) is 0 Å². The smallest absolute Gasteiger partial charge is 0.220 e. The van der Waals surface area contributed by atoms with Crippen LogP contribution in [0.5, 0.6) is 0 Å². The zero-order valence-corrected chi connectivity index (χ0v) is 40.6. The number of hydrogen-bond acceptors (Lipinski definition) is 8. The Morgan fingerprint density at radius 2 is 0.952 bits per heavy atom. The monoisotopic (exact) mass is 890 g/mol. The molecule has 1 aliphatic heterocycles. The van der Waals surface area contributed by atoms with E-state index >= 15 is 0 Å². The van der Waals surface area contributed by atoms with Crippen LogP contribution in [0.15, 0.2) is 48.6 Å². The van der Waals surface area contributed by atoms with Crippen molar-refractivity contribution < 1.29 is 39.8 Å². The zero-order valence-electron chi connectivity index (χ0n) is 40.6. The molecule has 0 aromatic rings. The van der Waals surface area contributed by atoms with Gasteiger partial charge in [-0.15, -0.1) is 0 Å². The number of hydrogen-bond donors (Lipinski definition) is 6. The van der Waals surface area contributed by atoms with E-state index in [1.807, 2.05) is 6.08 Å². The number of rotatable bonds is 44. The summed E-state index contributed by atoms with van der Waals surface area (Å²) in [6.45, 7) is 3.70. The van der Waals surface area contributed by atoms with Crippen LogP contribution >= 0.6 is 0 Å². The highest BCUT2D eigenvalue weighted by molar-refractivity contribution is 5.76. The molecule has 1 heterocycles. The lowest BCUT2D eigenvalue weighted by molar-refractivity contribution is -0.302. The van der Waals surface area contributed by atoms with Crippen LogP contribution in [0.3, 0.4) is 0 Å². The largest absolute Gasteiger partial charge is 0.394 e. The summed E-state index contributed by atoms with van der Waals surface area (Å²) < 4.78 is 11.2. The average molecular weight is 890 g/mol. The molecule has 1 amide bonds. The van der Waals surface area contributed by atoms with Crippen LogP contribution in [0.4, 0.5) is 0 Å². The molecule has 1 saturated heterocycles. The maximum Gasteiger partial charge on any atom is 0.220 e.